The van der Waals surface area contributed by atoms with E-state index in [1.54, 1.807) is 11.6 Å². The molecule has 7 nitrogen and oxygen atoms in total. The first kappa shape index (κ1) is 24.2. The molecule has 0 saturated heterocycles. The van der Waals surface area contributed by atoms with E-state index in [0.29, 0.717) is 29.4 Å². The van der Waals surface area contributed by atoms with Crippen molar-refractivity contribution in [2.24, 2.45) is 0 Å². The number of thioether (sulfide) groups is 1. The fraction of sp³-hybridized carbons (Fsp3) is 0.115. The first-order chi connectivity index (χ1) is 17.7. The zero-order valence-corrected chi connectivity index (χ0v) is 21.4. The SMILES string of the molecule is O=C(NCc1ccccn1)c1csc(CSc2nnc(Cc3ccccc3)n2-c2cccc(Cl)c2)n1. The van der Waals surface area contributed by atoms with Crippen LogP contribution >= 0.6 is 34.7 Å². The highest BCUT2D eigenvalue weighted by atomic mass is 35.5. The molecule has 10 heteroatoms. The summed E-state index contributed by atoms with van der Waals surface area (Å²) in [5.74, 6) is 1.16. The summed E-state index contributed by atoms with van der Waals surface area (Å²) in [4.78, 5) is 21.2. The van der Waals surface area contributed by atoms with E-state index < -0.39 is 0 Å². The number of amides is 1. The van der Waals surface area contributed by atoms with E-state index in [1.807, 2.05) is 65.2 Å². The van der Waals surface area contributed by atoms with Crippen LogP contribution in [0.25, 0.3) is 5.69 Å². The normalized spacial score (nSPS) is 10.9. The minimum atomic E-state index is -0.222. The van der Waals surface area contributed by atoms with E-state index in [2.05, 4.69) is 37.6 Å². The molecule has 0 bridgehead atoms. The van der Waals surface area contributed by atoms with Gasteiger partial charge in [0.05, 0.1) is 23.7 Å². The molecule has 0 atom stereocenters. The fourth-order valence-corrected chi connectivity index (χ4v) is 5.48. The summed E-state index contributed by atoms with van der Waals surface area (Å²) >= 11 is 9.25. The quantitative estimate of drug-likeness (QED) is 0.249. The second-order valence-corrected chi connectivity index (χ2v) is 10.1. The van der Waals surface area contributed by atoms with Gasteiger partial charge in [-0.3, -0.25) is 14.3 Å². The number of hydrogen-bond donors (Lipinski definition) is 1. The highest BCUT2D eigenvalue weighted by molar-refractivity contribution is 7.98. The predicted molar refractivity (Wildman–Crippen MR) is 143 cm³/mol. The number of pyridine rings is 1. The number of benzene rings is 2. The smallest absolute Gasteiger partial charge is 0.271 e. The molecular weight excluding hydrogens is 512 g/mol. The van der Waals surface area contributed by atoms with Gasteiger partial charge in [-0.15, -0.1) is 21.5 Å². The second-order valence-electron chi connectivity index (χ2n) is 7.80. The third-order valence-electron chi connectivity index (χ3n) is 5.24. The van der Waals surface area contributed by atoms with Crippen LogP contribution in [0, 0.1) is 0 Å². The summed E-state index contributed by atoms with van der Waals surface area (Å²) < 4.78 is 2.03. The van der Waals surface area contributed by atoms with Crippen molar-refractivity contribution in [1.29, 1.82) is 0 Å². The summed E-state index contributed by atoms with van der Waals surface area (Å²) in [6.07, 6.45) is 2.34. The molecule has 0 radical (unpaired) electrons. The molecule has 1 N–H and O–H groups in total. The van der Waals surface area contributed by atoms with Crippen LogP contribution < -0.4 is 5.32 Å². The van der Waals surface area contributed by atoms with E-state index in [4.69, 9.17) is 11.6 Å². The van der Waals surface area contributed by atoms with Crippen LogP contribution in [0.2, 0.25) is 5.02 Å². The lowest BCUT2D eigenvalue weighted by Gasteiger charge is -2.10. The van der Waals surface area contributed by atoms with Crippen molar-refractivity contribution < 1.29 is 4.79 Å². The molecule has 36 heavy (non-hydrogen) atoms. The molecule has 5 aromatic rings. The molecule has 180 valence electrons. The number of nitrogens with one attached hydrogen (secondary N) is 1. The van der Waals surface area contributed by atoms with Crippen LogP contribution in [0.15, 0.2) is 89.5 Å². The largest absolute Gasteiger partial charge is 0.345 e. The van der Waals surface area contributed by atoms with Crippen molar-refractivity contribution in [2.45, 2.75) is 23.9 Å². The van der Waals surface area contributed by atoms with Gasteiger partial charge in [-0.2, -0.15) is 0 Å². The number of thiazole rings is 1. The molecule has 0 aliphatic rings. The van der Waals surface area contributed by atoms with E-state index in [9.17, 15) is 4.79 Å². The standard InChI is InChI=1S/C26H21ClN6OS2/c27-19-9-6-11-21(14-19)33-23(13-18-7-2-1-3-8-18)31-32-26(33)36-17-24-30-22(16-35-24)25(34)29-15-20-10-4-5-12-28-20/h1-12,14,16H,13,15,17H2,(H,29,34). The number of halogens is 1. The molecule has 1 amide bonds. The summed E-state index contributed by atoms with van der Waals surface area (Å²) in [5, 5.41) is 15.8. The van der Waals surface area contributed by atoms with E-state index in [0.717, 1.165) is 32.9 Å². The molecule has 3 aromatic heterocycles. The van der Waals surface area contributed by atoms with Gasteiger partial charge in [0.25, 0.3) is 5.91 Å². The minimum absolute atomic E-state index is 0.222. The third kappa shape index (κ3) is 5.99. The van der Waals surface area contributed by atoms with Gasteiger partial charge in [0.1, 0.15) is 16.5 Å². The fourth-order valence-electron chi connectivity index (χ4n) is 3.53. The molecule has 5 rings (SSSR count). The Kier molecular flexibility index (Phi) is 7.70. The topological polar surface area (TPSA) is 85.6 Å². The van der Waals surface area contributed by atoms with Crippen molar-refractivity contribution in [3.05, 3.63) is 117 Å². The molecule has 0 spiro atoms. The molecule has 2 aromatic carbocycles. The Labute approximate surface area is 221 Å². The first-order valence-corrected chi connectivity index (χ1v) is 13.4. The number of nitrogens with zero attached hydrogens (tertiary/aromatic N) is 5. The Morgan fingerprint density at radius 3 is 2.69 bits per heavy atom. The number of aromatic nitrogens is 5. The Bertz CT molecular complexity index is 1460. The van der Waals surface area contributed by atoms with Crippen LogP contribution in [0.1, 0.15) is 32.6 Å². The van der Waals surface area contributed by atoms with Crippen LogP contribution in [-0.2, 0) is 18.7 Å². The molecule has 0 aliphatic heterocycles. The lowest BCUT2D eigenvalue weighted by molar-refractivity contribution is 0.0946. The lowest BCUT2D eigenvalue weighted by Crippen LogP contribution is -2.23. The first-order valence-electron chi connectivity index (χ1n) is 11.1. The summed E-state index contributed by atoms with van der Waals surface area (Å²) in [6.45, 7) is 0.355. The van der Waals surface area contributed by atoms with E-state index in [-0.39, 0.29) is 5.91 Å². The van der Waals surface area contributed by atoms with Crippen molar-refractivity contribution in [3.8, 4) is 5.69 Å². The maximum atomic E-state index is 12.5. The molecule has 0 fully saturated rings. The van der Waals surface area contributed by atoms with Crippen LogP contribution in [0.5, 0.6) is 0 Å². The van der Waals surface area contributed by atoms with Gasteiger partial charge < -0.3 is 5.32 Å². The summed E-state index contributed by atoms with van der Waals surface area (Å²) in [5.41, 5.74) is 3.23. The number of hydrogen-bond acceptors (Lipinski definition) is 7. The van der Waals surface area contributed by atoms with Crippen molar-refractivity contribution >= 4 is 40.6 Å². The Morgan fingerprint density at radius 2 is 1.89 bits per heavy atom. The van der Waals surface area contributed by atoms with Gasteiger partial charge in [-0.25, -0.2) is 4.98 Å². The number of rotatable bonds is 9. The molecule has 3 heterocycles. The summed E-state index contributed by atoms with van der Waals surface area (Å²) in [6, 6.07) is 23.4. The molecule has 0 aliphatic carbocycles. The summed E-state index contributed by atoms with van der Waals surface area (Å²) in [7, 11) is 0. The van der Waals surface area contributed by atoms with Crippen molar-refractivity contribution in [3.63, 3.8) is 0 Å². The lowest BCUT2D eigenvalue weighted by atomic mass is 10.1. The van der Waals surface area contributed by atoms with Crippen LogP contribution in [0.4, 0.5) is 0 Å². The number of carbonyl (C=O) groups is 1. The average Bonchev–Trinajstić information content (AvgIpc) is 3.54. The van der Waals surface area contributed by atoms with Crippen molar-refractivity contribution in [2.75, 3.05) is 0 Å². The van der Waals surface area contributed by atoms with Gasteiger partial charge in [0.15, 0.2) is 5.16 Å². The van der Waals surface area contributed by atoms with Crippen LogP contribution in [-0.4, -0.2) is 30.6 Å². The Balaban J connectivity index is 1.30. The maximum absolute atomic E-state index is 12.5. The Hall–Kier alpha value is -3.53. The highest BCUT2D eigenvalue weighted by Gasteiger charge is 2.17. The van der Waals surface area contributed by atoms with Gasteiger partial charge in [-0.1, -0.05) is 65.8 Å². The zero-order chi connectivity index (χ0) is 24.7. The van der Waals surface area contributed by atoms with Gasteiger partial charge >= 0.3 is 0 Å². The molecule has 0 unspecified atom stereocenters. The van der Waals surface area contributed by atoms with Gasteiger partial charge in [0, 0.05) is 23.0 Å². The Morgan fingerprint density at radius 1 is 1.03 bits per heavy atom. The highest BCUT2D eigenvalue weighted by Crippen LogP contribution is 2.28. The monoisotopic (exact) mass is 532 g/mol. The third-order valence-corrected chi connectivity index (χ3v) is 7.44. The van der Waals surface area contributed by atoms with E-state index >= 15 is 0 Å². The van der Waals surface area contributed by atoms with Crippen LogP contribution in [0.3, 0.4) is 0 Å². The average molecular weight is 533 g/mol. The maximum Gasteiger partial charge on any atom is 0.271 e. The van der Waals surface area contributed by atoms with Gasteiger partial charge in [-0.05, 0) is 35.9 Å². The van der Waals surface area contributed by atoms with E-state index in [1.165, 1.54) is 23.1 Å². The van der Waals surface area contributed by atoms with Crippen molar-refractivity contribution in [1.82, 2.24) is 30.0 Å². The predicted octanol–water partition coefficient (Wildman–Crippen LogP) is 5.59. The van der Waals surface area contributed by atoms with Gasteiger partial charge in [0.2, 0.25) is 0 Å². The molecule has 0 saturated carbocycles. The zero-order valence-electron chi connectivity index (χ0n) is 19.0. The number of carbonyl (C=O) groups excluding carboxylic acids is 1. The molecular formula is C26H21ClN6OS2. The minimum Gasteiger partial charge on any atom is -0.345 e. The second kappa shape index (κ2) is 11.5.